The number of para-hydroxylation sites is 1. The molecule has 0 saturated heterocycles. The number of methoxy groups -OCH3 is 1. The number of thiazole rings is 1. The van der Waals surface area contributed by atoms with Crippen LogP contribution in [0.2, 0.25) is 0 Å². The Morgan fingerprint density at radius 2 is 1.92 bits per heavy atom. The van der Waals surface area contributed by atoms with Crippen LogP contribution in [-0.2, 0) is 11.0 Å². The molecule has 2 N–H and O–H groups in total. The van der Waals surface area contributed by atoms with Crippen LogP contribution >= 0.6 is 11.3 Å². The minimum absolute atomic E-state index is 0.0854. The first kappa shape index (κ1) is 18.7. The Morgan fingerprint density at radius 1 is 1.24 bits per heavy atom. The van der Waals surface area contributed by atoms with Gasteiger partial charge in [-0.15, -0.1) is 0 Å². The lowest BCUT2D eigenvalue weighted by molar-refractivity contribution is -0.141. The number of amides is 2. The minimum Gasteiger partial charge on any atom is -0.473 e. The van der Waals surface area contributed by atoms with Crippen LogP contribution in [0.5, 0.6) is 5.19 Å². The van der Waals surface area contributed by atoms with Gasteiger partial charge in [0.05, 0.1) is 7.11 Å². The molecule has 0 atom stereocenters. The van der Waals surface area contributed by atoms with E-state index in [0.717, 1.165) is 7.11 Å². The molecule has 134 valence electrons. The van der Waals surface area contributed by atoms with Gasteiger partial charge in [0.15, 0.2) is 5.69 Å². The van der Waals surface area contributed by atoms with Crippen LogP contribution in [0.15, 0.2) is 30.3 Å². The Hall–Kier alpha value is -2.62. The highest BCUT2D eigenvalue weighted by Crippen LogP contribution is 2.36. The number of ether oxygens (including phenoxy) is 1. The summed E-state index contributed by atoms with van der Waals surface area (Å²) in [5, 5.41) is 4.62. The molecule has 2 aromatic rings. The van der Waals surface area contributed by atoms with E-state index in [0.29, 0.717) is 17.0 Å². The van der Waals surface area contributed by atoms with Gasteiger partial charge in [-0.1, -0.05) is 29.5 Å². The first-order chi connectivity index (χ1) is 11.8. The highest BCUT2D eigenvalue weighted by Gasteiger charge is 2.40. The summed E-state index contributed by atoms with van der Waals surface area (Å²) >= 11 is 0.490. The number of hydrogen-bond donors (Lipinski definition) is 2. The van der Waals surface area contributed by atoms with Crippen molar-refractivity contribution in [3.05, 3.63) is 40.9 Å². The molecule has 1 aromatic carbocycles. The molecule has 0 saturated carbocycles. The first-order valence-corrected chi connectivity index (χ1v) is 7.88. The number of rotatable bonds is 6. The predicted octanol–water partition coefficient (Wildman–Crippen LogP) is 2.93. The van der Waals surface area contributed by atoms with Crippen molar-refractivity contribution in [2.75, 3.05) is 19.0 Å². The summed E-state index contributed by atoms with van der Waals surface area (Å²) in [5.74, 6) is -1.33. The monoisotopic (exact) mass is 373 g/mol. The topological polar surface area (TPSA) is 80.3 Å². The van der Waals surface area contributed by atoms with Crippen molar-refractivity contribution in [2.45, 2.75) is 12.6 Å². The molecule has 0 aliphatic rings. The van der Waals surface area contributed by atoms with Gasteiger partial charge >= 0.3 is 6.18 Å². The number of aromatic nitrogens is 1. The summed E-state index contributed by atoms with van der Waals surface area (Å²) in [6.45, 7) is -0.116. The second-order valence-electron chi connectivity index (χ2n) is 4.78. The summed E-state index contributed by atoms with van der Waals surface area (Å²) in [6, 6.07) is 8.66. The summed E-state index contributed by atoms with van der Waals surface area (Å²) < 4.78 is 43.3. The average molecular weight is 373 g/mol. The number of hydrogen-bond acceptors (Lipinski definition) is 5. The molecule has 0 radical (unpaired) electrons. The van der Waals surface area contributed by atoms with Crippen LogP contribution in [0, 0.1) is 0 Å². The van der Waals surface area contributed by atoms with Crippen LogP contribution in [0.4, 0.5) is 18.9 Å². The highest BCUT2D eigenvalue weighted by molar-refractivity contribution is 7.15. The number of benzene rings is 1. The van der Waals surface area contributed by atoms with Crippen molar-refractivity contribution in [3.8, 4) is 5.19 Å². The minimum atomic E-state index is -4.77. The smallest absolute Gasteiger partial charge is 0.435 e. The van der Waals surface area contributed by atoms with Crippen LogP contribution in [-0.4, -0.2) is 30.5 Å². The van der Waals surface area contributed by atoms with Crippen LogP contribution in [0.3, 0.4) is 0 Å². The lowest BCUT2D eigenvalue weighted by Gasteiger charge is -2.08. The maximum Gasteiger partial charge on any atom is 0.435 e. The van der Waals surface area contributed by atoms with E-state index in [1.807, 2.05) is 0 Å². The largest absolute Gasteiger partial charge is 0.473 e. The Bertz CT molecular complexity index is 747. The van der Waals surface area contributed by atoms with Crippen LogP contribution < -0.4 is 15.4 Å². The van der Waals surface area contributed by atoms with Gasteiger partial charge in [0.25, 0.3) is 11.1 Å². The maximum atomic E-state index is 12.9. The second kappa shape index (κ2) is 7.97. The second-order valence-corrected chi connectivity index (χ2v) is 5.74. The van der Waals surface area contributed by atoms with E-state index >= 15 is 0 Å². The van der Waals surface area contributed by atoms with Crippen LogP contribution in [0.25, 0.3) is 0 Å². The van der Waals surface area contributed by atoms with Crippen LogP contribution in [0.1, 0.15) is 21.8 Å². The van der Waals surface area contributed by atoms with Gasteiger partial charge in [0, 0.05) is 18.7 Å². The van der Waals surface area contributed by atoms with Crippen molar-refractivity contribution in [2.24, 2.45) is 0 Å². The Kier molecular flexibility index (Phi) is 5.97. The lowest BCUT2D eigenvalue weighted by Crippen LogP contribution is -2.28. The molecule has 0 aliphatic heterocycles. The Balaban J connectivity index is 1.92. The number of anilines is 1. The van der Waals surface area contributed by atoms with E-state index in [1.165, 1.54) is 0 Å². The molecule has 0 spiro atoms. The maximum absolute atomic E-state index is 12.9. The predicted molar refractivity (Wildman–Crippen MR) is 85.7 cm³/mol. The molecule has 0 fully saturated rings. The molecule has 1 aromatic heterocycles. The molecule has 1 heterocycles. The summed E-state index contributed by atoms with van der Waals surface area (Å²) in [5.41, 5.74) is -0.717. The van der Waals surface area contributed by atoms with E-state index in [1.54, 1.807) is 30.3 Å². The molecular weight excluding hydrogens is 359 g/mol. The van der Waals surface area contributed by atoms with Crippen molar-refractivity contribution in [1.82, 2.24) is 10.3 Å². The molecule has 6 nitrogen and oxygen atoms in total. The fourth-order valence-electron chi connectivity index (χ4n) is 1.85. The van der Waals surface area contributed by atoms with Gasteiger partial charge in [0.2, 0.25) is 5.91 Å². The van der Waals surface area contributed by atoms with Gasteiger partial charge in [-0.25, -0.2) is 0 Å². The highest BCUT2D eigenvalue weighted by atomic mass is 32.1. The number of nitrogens with zero attached hydrogens (tertiary/aromatic N) is 1. The third kappa shape index (κ3) is 5.18. The Morgan fingerprint density at radius 3 is 2.52 bits per heavy atom. The van der Waals surface area contributed by atoms with E-state index < -0.39 is 22.7 Å². The summed E-state index contributed by atoms with van der Waals surface area (Å²) in [6.07, 6.45) is -4.86. The van der Waals surface area contributed by atoms with E-state index in [-0.39, 0.29) is 24.1 Å². The standard InChI is InChI=1S/C15H14F3N3O3S/c1-24-14-21-12(15(16,17)18)11(25-14)13(23)19-8-7-10(22)20-9-5-3-2-4-6-9/h2-6H,7-8H2,1H3,(H,19,23)(H,20,22). The zero-order valence-corrected chi connectivity index (χ0v) is 13.8. The molecule has 0 aliphatic carbocycles. The van der Waals surface area contributed by atoms with E-state index in [4.69, 9.17) is 0 Å². The van der Waals surface area contributed by atoms with Gasteiger partial charge in [-0.05, 0) is 12.1 Å². The SMILES string of the molecule is COc1nc(C(F)(F)F)c(C(=O)NCCC(=O)Nc2ccccc2)s1. The molecule has 25 heavy (non-hydrogen) atoms. The van der Waals surface area contributed by atoms with E-state index in [9.17, 15) is 22.8 Å². The number of nitrogens with one attached hydrogen (secondary N) is 2. The van der Waals surface area contributed by atoms with Crippen molar-refractivity contribution >= 4 is 28.8 Å². The third-order valence-electron chi connectivity index (χ3n) is 2.95. The lowest BCUT2D eigenvalue weighted by atomic mass is 10.3. The third-order valence-corrected chi connectivity index (χ3v) is 3.97. The normalized spacial score (nSPS) is 11.0. The summed E-state index contributed by atoms with van der Waals surface area (Å²) in [7, 11) is 1.16. The molecule has 10 heteroatoms. The van der Waals surface area contributed by atoms with Crippen molar-refractivity contribution in [3.63, 3.8) is 0 Å². The zero-order chi connectivity index (χ0) is 18.4. The quantitative estimate of drug-likeness (QED) is 0.816. The molecule has 0 bridgehead atoms. The average Bonchev–Trinajstić information content (AvgIpc) is 3.00. The van der Waals surface area contributed by atoms with Gasteiger partial charge in [-0.2, -0.15) is 18.2 Å². The molecule has 2 rings (SSSR count). The van der Waals surface area contributed by atoms with Gasteiger partial charge in [0.1, 0.15) is 4.88 Å². The van der Waals surface area contributed by atoms with Crippen molar-refractivity contribution < 1.29 is 27.5 Å². The zero-order valence-electron chi connectivity index (χ0n) is 13.0. The molecular formula is C15H14F3N3O3S. The van der Waals surface area contributed by atoms with Crippen molar-refractivity contribution in [1.29, 1.82) is 0 Å². The number of alkyl halides is 3. The van der Waals surface area contributed by atoms with E-state index in [2.05, 4.69) is 20.4 Å². The number of carbonyl (C=O) groups is 2. The number of carbonyl (C=O) groups excluding carboxylic acids is 2. The molecule has 2 amide bonds. The fraction of sp³-hybridized carbons (Fsp3) is 0.267. The number of halogens is 3. The Labute approximate surface area is 145 Å². The van der Waals surface area contributed by atoms with Gasteiger partial charge in [-0.3, -0.25) is 9.59 Å². The fourth-order valence-corrected chi connectivity index (χ4v) is 2.67. The first-order valence-electron chi connectivity index (χ1n) is 7.06. The molecule has 0 unspecified atom stereocenters. The summed E-state index contributed by atoms with van der Waals surface area (Å²) in [4.78, 5) is 26.3. The van der Waals surface area contributed by atoms with Gasteiger partial charge < -0.3 is 15.4 Å².